The smallest absolute Gasteiger partial charge is 0.339 e. The molecule has 20 heavy (non-hydrogen) atoms. The monoisotopic (exact) mass is 278 g/mol. The van der Waals surface area contributed by atoms with E-state index in [4.69, 9.17) is 13.9 Å². The summed E-state index contributed by atoms with van der Waals surface area (Å²) in [6, 6.07) is 3.44. The van der Waals surface area contributed by atoms with Gasteiger partial charge in [-0.25, -0.2) is 4.79 Å². The maximum atomic E-state index is 11.2. The highest BCUT2D eigenvalue weighted by Gasteiger charge is 2.22. The van der Waals surface area contributed by atoms with Gasteiger partial charge in [0, 0.05) is 13.1 Å². The average molecular weight is 278 g/mol. The van der Waals surface area contributed by atoms with E-state index in [-0.39, 0.29) is 11.1 Å². The summed E-state index contributed by atoms with van der Waals surface area (Å²) in [5.74, 6) is -0.560. The molecule has 0 spiro atoms. The number of carboxylic acids is 1. The topological polar surface area (TPSA) is 85.0 Å². The Labute approximate surface area is 114 Å². The number of carboxylic acid groups (broad SMARTS) is 1. The number of fused-ring (bicyclic) bond motifs is 1. The van der Waals surface area contributed by atoms with Gasteiger partial charge in [-0.1, -0.05) is 0 Å². The fourth-order valence-corrected chi connectivity index (χ4v) is 2.20. The number of aromatic nitrogens is 1. The van der Waals surface area contributed by atoms with Crippen LogP contribution in [0.4, 0.5) is 6.01 Å². The first kappa shape index (κ1) is 12.7. The van der Waals surface area contributed by atoms with E-state index in [0.29, 0.717) is 43.6 Å². The Morgan fingerprint density at radius 2 is 2.15 bits per heavy atom. The lowest BCUT2D eigenvalue weighted by Crippen LogP contribution is -2.36. The lowest BCUT2D eigenvalue weighted by molar-refractivity contribution is 0.0698. The van der Waals surface area contributed by atoms with E-state index in [2.05, 4.69) is 4.98 Å². The highest BCUT2D eigenvalue weighted by atomic mass is 16.5. The summed E-state index contributed by atoms with van der Waals surface area (Å²) in [6.07, 6.45) is 0. The Kier molecular flexibility index (Phi) is 3.19. The molecule has 7 nitrogen and oxygen atoms in total. The number of morpholine rings is 1. The van der Waals surface area contributed by atoms with E-state index in [1.807, 2.05) is 4.90 Å². The zero-order valence-electron chi connectivity index (χ0n) is 11.0. The van der Waals surface area contributed by atoms with Crippen molar-refractivity contribution in [1.29, 1.82) is 0 Å². The molecule has 1 aliphatic heterocycles. The molecule has 0 unspecified atom stereocenters. The van der Waals surface area contributed by atoms with Gasteiger partial charge in [0.15, 0.2) is 11.1 Å². The molecule has 7 heteroatoms. The fourth-order valence-electron chi connectivity index (χ4n) is 2.20. The van der Waals surface area contributed by atoms with Gasteiger partial charge >= 0.3 is 5.97 Å². The molecule has 1 aromatic carbocycles. The number of hydrogen-bond donors (Lipinski definition) is 1. The van der Waals surface area contributed by atoms with Crippen molar-refractivity contribution in [1.82, 2.24) is 4.98 Å². The van der Waals surface area contributed by atoms with Crippen LogP contribution in [0.5, 0.6) is 5.75 Å². The fraction of sp³-hybridized carbons (Fsp3) is 0.385. The van der Waals surface area contributed by atoms with E-state index in [9.17, 15) is 9.90 Å². The third-order valence-corrected chi connectivity index (χ3v) is 3.23. The van der Waals surface area contributed by atoms with E-state index in [1.54, 1.807) is 6.07 Å². The van der Waals surface area contributed by atoms with Crippen LogP contribution in [-0.4, -0.2) is 49.5 Å². The molecule has 1 saturated heterocycles. The Morgan fingerprint density at radius 1 is 1.40 bits per heavy atom. The molecule has 0 radical (unpaired) electrons. The van der Waals surface area contributed by atoms with Gasteiger partial charge in [0.2, 0.25) is 0 Å². The number of rotatable bonds is 3. The summed E-state index contributed by atoms with van der Waals surface area (Å²) < 4.78 is 16.1. The third kappa shape index (κ3) is 2.05. The average Bonchev–Trinajstić information content (AvgIpc) is 2.91. The van der Waals surface area contributed by atoms with Crippen LogP contribution in [0.2, 0.25) is 0 Å². The Bertz CT molecular complexity index is 645. The van der Waals surface area contributed by atoms with Gasteiger partial charge in [0.05, 0.1) is 20.3 Å². The van der Waals surface area contributed by atoms with Crippen molar-refractivity contribution < 1.29 is 23.8 Å². The van der Waals surface area contributed by atoms with Crippen molar-refractivity contribution in [3.63, 3.8) is 0 Å². The van der Waals surface area contributed by atoms with Crippen molar-refractivity contribution >= 4 is 23.1 Å². The molecule has 2 aromatic rings. The van der Waals surface area contributed by atoms with Crippen LogP contribution in [0.1, 0.15) is 10.4 Å². The number of nitrogens with zero attached hydrogens (tertiary/aromatic N) is 2. The molecule has 2 heterocycles. The molecule has 0 bridgehead atoms. The van der Waals surface area contributed by atoms with Crippen LogP contribution >= 0.6 is 0 Å². The molecule has 1 fully saturated rings. The van der Waals surface area contributed by atoms with Crippen molar-refractivity contribution in [3.05, 3.63) is 17.7 Å². The Hall–Kier alpha value is -2.28. The van der Waals surface area contributed by atoms with Crippen LogP contribution in [0.25, 0.3) is 11.1 Å². The lowest BCUT2D eigenvalue weighted by atomic mass is 10.2. The van der Waals surface area contributed by atoms with Gasteiger partial charge < -0.3 is 23.9 Å². The van der Waals surface area contributed by atoms with Gasteiger partial charge in [-0.05, 0) is 12.1 Å². The number of methoxy groups -OCH3 is 1. The molecular formula is C13H14N2O5. The first-order valence-corrected chi connectivity index (χ1v) is 6.24. The van der Waals surface area contributed by atoms with Gasteiger partial charge in [-0.3, -0.25) is 0 Å². The predicted octanol–water partition coefficient (Wildman–Crippen LogP) is 1.37. The van der Waals surface area contributed by atoms with Gasteiger partial charge in [-0.15, -0.1) is 0 Å². The minimum atomic E-state index is -1.05. The SMILES string of the molecule is COc1ccc(C(=O)O)c2oc(N3CCOCC3)nc12. The van der Waals surface area contributed by atoms with Crippen molar-refractivity contribution in [2.24, 2.45) is 0 Å². The van der Waals surface area contributed by atoms with Gasteiger partial charge in [0.25, 0.3) is 6.01 Å². The largest absolute Gasteiger partial charge is 0.494 e. The van der Waals surface area contributed by atoms with Crippen LogP contribution in [0.3, 0.4) is 0 Å². The van der Waals surface area contributed by atoms with E-state index in [1.165, 1.54) is 13.2 Å². The first-order valence-electron chi connectivity index (χ1n) is 6.24. The molecule has 1 N–H and O–H groups in total. The van der Waals surface area contributed by atoms with Crippen molar-refractivity contribution in [3.8, 4) is 5.75 Å². The second-order valence-electron chi connectivity index (χ2n) is 4.39. The van der Waals surface area contributed by atoms with E-state index in [0.717, 1.165) is 0 Å². The lowest BCUT2D eigenvalue weighted by Gasteiger charge is -2.24. The zero-order chi connectivity index (χ0) is 14.1. The highest BCUT2D eigenvalue weighted by Crippen LogP contribution is 2.32. The standard InChI is InChI=1S/C13H14N2O5/c1-18-9-3-2-8(12(16)17)11-10(9)14-13(20-11)15-4-6-19-7-5-15/h2-3H,4-7H2,1H3,(H,16,17). The molecule has 1 aromatic heterocycles. The van der Waals surface area contributed by atoms with Crippen molar-refractivity contribution in [2.45, 2.75) is 0 Å². The molecule has 106 valence electrons. The van der Waals surface area contributed by atoms with Crippen molar-refractivity contribution in [2.75, 3.05) is 38.3 Å². The highest BCUT2D eigenvalue weighted by molar-refractivity contribution is 6.02. The summed E-state index contributed by atoms with van der Waals surface area (Å²) >= 11 is 0. The minimum Gasteiger partial charge on any atom is -0.494 e. The first-order chi connectivity index (χ1) is 9.70. The summed E-state index contributed by atoms with van der Waals surface area (Å²) in [5, 5.41) is 9.20. The molecular weight excluding hydrogens is 264 g/mol. The maximum absolute atomic E-state index is 11.2. The molecule has 1 aliphatic rings. The summed E-state index contributed by atoms with van der Waals surface area (Å²) in [5.41, 5.74) is 0.736. The van der Waals surface area contributed by atoms with E-state index < -0.39 is 5.97 Å². The maximum Gasteiger partial charge on any atom is 0.339 e. The molecule has 0 atom stereocenters. The van der Waals surface area contributed by atoms with Gasteiger partial charge in [0.1, 0.15) is 11.3 Å². The Balaban J connectivity index is 2.12. The third-order valence-electron chi connectivity index (χ3n) is 3.23. The number of hydrogen-bond acceptors (Lipinski definition) is 6. The number of aromatic carboxylic acids is 1. The van der Waals surface area contributed by atoms with E-state index >= 15 is 0 Å². The summed E-state index contributed by atoms with van der Waals surface area (Å²) in [4.78, 5) is 17.5. The zero-order valence-corrected chi connectivity index (χ0v) is 11.0. The number of benzene rings is 1. The van der Waals surface area contributed by atoms with Gasteiger partial charge in [-0.2, -0.15) is 4.98 Å². The molecule has 3 rings (SSSR count). The normalized spacial score (nSPS) is 15.6. The summed E-state index contributed by atoms with van der Waals surface area (Å²) in [6.45, 7) is 2.53. The predicted molar refractivity (Wildman–Crippen MR) is 70.6 cm³/mol. The number of anilines is 1. The summed E-state index contributed by atoms with van der Waals surface area (Å²) in [7, 11) is 1.51. The quantitative estimate of drug-likeness (QED) is 0.907. The number of carbonyl (C=O) groups is 1. The number of oxazole rings is 1. The molecule has 0 saturated carbocycles. The second kappa shape index (κ2) is 5.01. The molecule has 0 amide bonds. The number of ether oxygens (including phenoxy) is 2. The van der Waals surface area contributed by atoms with Crippen LogP contribution in [0.15, 0.2) is 16.5 Å². The Morgan fingerprint density at radius 3 is 2.80 bits per heavy atom. The molecule has 0 aliphatic carbocycles. The second-order valence-corrected chi connectivity index (χ2v) is 4.39. The minimum absolute atomic E-state index is 0.0767. The van der Waals surface area contributed by atoms with Crippen LogP contribution in [-0.2, 0) is 4.74 Å². The van der Waals surface area contributed by atoms with Crippen LogP contribution < -0.4 is 9.64 Å². The van der Waals surface area contributed by atoms with Crippen LogP contribution in [0, 0.1) is 0 Å².